The molecule has 0 N–H and O–H groups in total. The van der Waals surface area contributed by atoms with E-state index in [2.05, 4.69) is 11.6 Å². The Kier molecular flexibility index (Phi) is 2.53. The number of nitrogens with zero attached hydrogens (tertiary/aromatic N) is 1. The molecule has 0 saturated heterocycles. The zero-order chi connectivity index (χ0) is 7.49. The van der Waals surface area contributed by atoms with Crippen LogP contribution in [0.4, 0.5) is 13.2 Å². The normalized spacial score (nSPS) is 13.0. The van der Waals surface area contributed by atoms with Crippen molar-refractivity contribution in [1.82, 2.24) is 0 Å². The van der Waals surface area contributed by atoms with Gasteiger partial charge in [0, 0.05) is 6.08 Å². The first kappa shape index (κ1) is 8.31. The summed E-state index contributed by atoms with van der Waals surface area (Å²) in [6, 6.07) is 1.16. The SMILES string of the molecule is N#CC=C(Cl)C(F)(F)F. The second-order valence-electron chi connectivity index (χ2n) is 1.12. The van der Waals surface area contributed by atoms with E-state index in [0.717, 1.165) is 6.07 Å². The molecule has 0 heterocycles. The number of nitriles is 1. The summed E-state index contributed by atoms with van der Waals surface area (Å²) in [6.07, 6.45) is -4.35. The van der Waals surface area contributed by atoms with Gasteiger partial charge in [-0.15, -0.1) is 0 Å². The van der Waals surface area contributed by atoms with E-state index in [0.29, 0.717) is 0 Å². The summed E-state index contributed by atoms with van der Waals surface area (Å²) in [4.78, 5) is 0. The summed E-state index contributed by atoms with van der Waals surface area (Å²) in [7, 11) is 0. The van der Waals surface area contributed by atoms with E-state index in [-0.39, 0.29) is 6.08 Å². The fourth-order valence-electron chi connectivity index (χ4n) is 0.139. The second kappa shape index (κ2) is 2.74. The van der Waals surface area contributed by atoms with Gasteiger partial charge < -0.3 is 0 Å². The van der Waals surface area contributed by atoms with Gasteiger partial charge in [0.05, 0.1) is 6.07 Å². The average molecular weight is 156 g/mol. The van der Waals surface area contributed by atoms with Gasteiger partial charge in [-0.1, -0.05) is 11.6 Å². The van der Waals surface area contributed by atoms with Crippen LogP contribution in [0.5, 0.6) is 0 Å². The van der Waals surface area contributed by atoms with E-state index in [4.69, 9.17) is 5.26 Å². The van der Waals surface area contributed by atoms with Crippen LogP contribution in [-0.2, 0) is 0 Å². The lowest BCUT2D eigenvalue weighted by atomic mass is 10.5. The highest BCUT2D eigenvalue weighted by molar-refractivity contribution is 6.30. The molecule has 9 heavy (non-hydrogen) atoms. The van der Waals surface area contributed by atoms with Crippen molar-refractivity contribution >= 4 is 11.6 Å². The largest absolute Gasteiger partial charge is 0.427 e. The second-order valence-corrected chi connectivity index (χ2v) is 1.53. The van der Waals surface area contributed by atoms with E-state index < -0.39 is 11.2 Å². The molecule has 0 aliphatic rings. The number of rotatable bonds is 0. The van der Waals surface area contributed by atoms with Crippen LogP contribution in [0, 0.1) is 11.3 Å². The summed E-state index contributed by atoms with van der Waals surface area (Å²) in [6.45, 7) is 0. The predicted molar refractivity (Wildman–Crippen MR) is 25.6 cm³/mol. The third-order valence-corrected chi connectivity index (χ3v) is 0.785. The Labute approximate surface area is 54.3 Å². The van der Waals surface area contributed by atoms with Crippen molar-refractivity contribution in [1.29, 1.82) is 5.26 Å². The smallest absolute Gasteiger partial charge is 0.193 e. The maximum absolute atomic E-state index is 11.3. The Morgan fingerprint density at radius 1 is 1.56 bits per heavy atom. The van der Waals surface area contributed by atoms with Crippen LogP contribution in [-0.4, -0.2) is 6.18 Å². The summed E-state index contributed by atoms with van der Waals surface area (Å²) in [5.41, 5.74) is 0. The molecule has 0 rings (SSSR count). The summed E-state index contributed by atoms with van der Waals surface area (Å²) < 4.78 is 33.9. The molecular weight excluding hydrogens is 154 g/mol. The van der Waals surface area contributed by atoms with E-state index in [1.54, 1.807) is 0 Å². The highest BCUT2D eigenvalue weighted by atomic mass is 35.5. The van der Waals surface area contributed by atoms with Crippen LogP contribution in [0.1, 0.15) is 0 Å². The molecule has 0 atom stereocenters. The van der Waals surface area contributed by atoms with E-state index in [1.165, 1.54) is 0 Å². The first-order valence-electron chi connectivity index (χ1n) is 1.81. The van der Waals surface area contributed by atoms with Gasteiger partial charge in [-0.25, -0.2) is 0 Å². The molecule has 0 bridgehead atoms. The van der Waals surface area contributed by atoms with Crippen LogP contribution >= 0.6 is 11.6 Å². The van der Waals surface area contributed by atoms with Crippen molar-refractivity contribution in [3.05, 3.63) is 11.1 Å². The molecule has 0 aliphatic heterocycles. The van der Waals surface area contributed by atoms with Crippen LogP contribution < -0.4 is 0 Å². The molecule has 0 spiro atoms. The van der Waals surface area contributed by atoms with Gasteiger partial charge >= 0.3 is 6.18 Å². The zero-order valence-corrected chi connectivity index (χ0v) is 4.79. The average Bonchev–Trinajstić information content (AvgIpc) is 1.64. The minimum absolute atomic E-state index is 0.238. The minimum Gasteiger partial charge on any atom is -0.193 e. The Balaban J connectivity index is 4.25. The van der Waals surface area contributed by atoms with Gasteiger partial charge in [0.25, 0.3) is 0 Å². The molecule has 0 aliphatic carbocycles. The molecule has 0 aromatic carbocycles. The standard InChI is InChI=1S/C4HClF3N/c5-3(1-2-9)4(6,7)8/h1H. The molecule has 0 fully saturated rings. The number of halogens is 4. The fraction of sp³-hybridized carbons (Fsp3) is 0.250. The zero-order valence-electron chi connectivity index (χ0n) is 4.04. The minimum atomic E-state index is -4.59. The van der Waals surface area contributed by atoms with Crippen LogP contribution in [0.25, 0.3) is 0 Å². The fourth-order valence-corrected chi connectivity index (χ4v) is 0.187. The van der Waals surface area contributed by atoms with Gasteiger partial charge in [0.2, 0.25) is 0 Å². The van der Waals surface area contributed by atoms with Crippen molar-refractivity contribution in [2.45, 2.75) is 6.18 Å². The van der Waals surface area contributed by atoms with Crippen molar-refractivity contribution in [2.24, 2.45) is 0 Å². The van der Waals surface area contributed by atoms with Crippen LogP contribution in [0.3, 0.4) is 0 Å². The molecule has 0 saturated carbocycles. The van der Waals surface area contributed by atoms with E-state index in [1.807, 2.05) is 0 Å². The number of allylic oxidation sites excluding steroid dienone is 2. The van der Waals surface area contributed by atoms with Crippen molar-refractivity contribution in [3.8, 4) is 6.07 Å². The van der Waals surface area contributed by atoms with E-state index >= 15 is 0 Å². The van der Waals surface area contributed by atoms with E-state index in [9.17, 15) is 13.2 Å². The lowest BCUT2D eigenvalue weighted by Crippen LogP contribution is -2.06. The molecule has 50 valence electrons. The lowest BCUT2D eigenvalue weighted by molar-refractivity contribution is -0.0844. The topological polar surface area (TPSA) is 23.8 Å². The molecule has 0 aromatic rings. The van der Waals surface area contributed by atoms with Gasteiger partial charge in [-0.3, -0.25) is 0 Å². The van der Waals surface area contributed by atoms with Crippen LogP contribution in [0.2, 0.25) is 0 Å². The number of hydrogen-bond donors (Lipinski definition) is 0. The van der Waals surface area contributed by atoms with Gasteiger partial charge in [-0.05, 0) is 0 Å². The summed E-state index contributed by atoms with van der Waals surface area (Å²) in [5.74, 6) is 0. The number of alkyl halides is 3. The quantitative estimate of drug-likeness (QED) is 0.492. The lowest BCUT2D eigenvalue weighted by Gasteiger charge is -1.99. The summed E-state index contributed by atoms with van der Waals surface area (Å²) in [5, 5.41) is 6.29. The molecule has 0 amide bonds. The highest BCUT2D eigenvalue weighted by Crippen LogP contribution is 2.27. The predicted octanol–water partition coefficient (Wildman–Crippen LogP) is 2.19. The third-order valence-electron chi connectivity index (χ3n) is 0.462. The molecule has 0 radical (unpaired) electrons. The molecule has 0 aromatic heterocycles. The Bertz CT molecular complexity index is 164. The Morgan fingerprint density at radius 3 is 2.11 bits per heavy atom. The highest BCUT2D eigenvalue weighted by Gasteiger charge is 2.32. The van der Waals surface area contributed by atoms with Crippen molar-refractivity contribution in [3.63, 3.8) is 0 Å². The Morgan fingerprint density at radius 2 is 2.00 bits per heavy atom. The maximum Gasteiger partial charge on any atom is 0.427 e. The Hall–Kier alpha value is -0.690. The van der Waals surface area contributed by atoms with Gasteiger partial charge in [-0.2, -0.15) is 18.4 Å². The van der Waals surface area contributed by atoms with Crippen molar-refractivity contribution in [2.75, 3.05) is 0 Å². The molecule has 1 nitrogen and oxygen atoms in total. The first-order chi connectivity index (χ1) is 3.98. The third kappa shape index (κ3) is 2.98. The number of hydrogen-bond acceptors (Lipinski definition) is 1. The van der Waals surface area contributed by atoms with Crippen LogP contribution in [0.15, 0.2) is 11.1 Å². The first-order valence-corrected chi connectivity index (χ1v) is 2.18. The van der Waals surface area contributed by atoms with Crippen molar-refractivity contribution < 1.29 is 13.2 Å². The molecule has 0 unspecified atom stereocenters. The van der Waals surface area contributed by atoms with Gasteiger partial charge in [0.15, 0.2) is 0 Å². The van der Waals surface area contributed by atoms with Gasteiger partial charge in [0.1, 0.15) is 5.03 Å². The molecule has 5 heteroatoms. The monoisotopic (exact) mass is 155 g/mol. The molecular formula is C4HClF3N. The summed E-state index contributed by atoms with van der Waals surface area (Å²) >= 11 is 4.57. The maximum atomic E-state index is 11.3.